The molecule has 0 aliphatic heterocycles. The van der Waals surface area contributed by atoms with Crippen LogP contribution in [0, 0.1) is 0 Å². The maximum atomic E-state index is 2.46. The van der Waals surface area contributed by atoms with Crippen molar-refractivity contribution < 1.29 is 0 Å². The molecule has 0 radical (unpaired) electrons. The molecule has 2 aromatic heterocycles. The molecule has 0 spiro atoms. The molecule has 242 valence electrons. The first-order valence-electron chi connectivity index (χ1n) is 17.9. The highest BCUT2D eigenvalue weighted by molar-refractivity contribution is 6.26. The fourth-order valence-electron chi connectivity index (χ4n) is 8.56. The third-order valence-corrected chi connectivity index (χ3v) is 10.9. The van der Waals surface area contributed by atoms with Gasteiger partial charge in [-0.3, -0.25) is 0 Å². The number of hydrogen-bond acceptors (Lipinski definition) is 0. The quantitative estimate of drug-likeness (QED) is 0.166. The van der Waals surface area contributed by atoms with Crippen LogP contribution in [0.4, 0.5) is 0 Å². The summed E-state index contributed by atoms with van der Waals surface area (Å²) in [6.07, 6.45) is 2.31. The van der Waals surface area contributed by atoms with Gasteiger partial charge >= 0.3 is 0 Å². The summed E-state index contributed by atoms with van der Waals surface area (Å²) in [5.41, 5.74) is 10.8. The molecule has 2 heteroatoms. The van der Waals surface area contributed by atoms with Crippen molar-refractivity contribution in [3.05, 3.63) is 194 Å². The van der Waals surface area contributed by atoms with Crippen molar-refractivity contribution in [3.8, 4) is 33.6 Å². The van der Waals surface area contributed by atoms with Crippen LogP contribution in [-0.4, -0.2) is 9.13 Å². The second kappa shape index (κ2) is 11.3. The SMILES string of the molecule is c1ccc(-c2cn(-c3ccccc3)c3c2ccc2c4ccccc4n(-c4ccc(-c5ccc6c7ccccc7c7ccccc7c6c5)cc4)c23)cc1. The molecule has 2 heterocycles. The van der Waals surface area contributed by atoms with Crippen molar-refractivity contribution in [2.45, 2.75) is 0 Å². The van der Waals surface area contributed by atoms with Crippen molar-refractivity contribution >= 4 is 65.0 Å². The Balaban J connectivity index is 1.14. The molecule has 52 heavy (non-hydrogen) atoms. The molecule has 11 aromatic rings. The van der Waals surface area contributed by atoms with Crippen molar-refractivity contribution in [2.24, 2.45) is 0 Å². The predicted molar refractivity (Wildman–Crippen MR) is 221 cm³/mol. The molecule has 0 N–H and O–H groups in total. The van der Waals surface area contributed by atoms with Crippen LogP contribution in [0.25, 0.3) is 98.7 Å². The molecule has 9 aromatic carbocycles. The predicted octanol–water partition coefficient (Wildman–Crippen LogP) is 13.5. The van der Waals surface area contributed by atoms with Crippen LogP contribution >= 0.6 is 0 Å². The maximum Gasteiger partial charge on any atom is 0.0788 e. The van der Waals surface area contributed by atoms with Gasteiger partial charge in [0.2, 0.25) is 0 Å². The van der Waals surface area contributed by atoms with Crippen LogP contribution < -0.4 is 0 Å². The number of hydrogen-bond donors (Lipinski definition) is 0. The summed E-state index contributed by atoms with van der Waals surface area (Å²) < 4.78 is 4.85. The lowest BCUT2D eigenvalue weighted by Crippen LogP contribution is -1.98. The number of para-hydroxylation sites is 2. The Bertz CT molecular complexity index is 3110. The van der Waals surface area contributed by atoms with Gasteiger partial charge in [-0.2, -0.15) is 0 Å². The van der Waals surface area contributed by atoms with E-state index >= 15 is 0 Å². The van der Waals surface area contributed by atoms with E-state index < -0.39 is 0 Å². The molecule has 0 atom stereocenters. The lowest BCUT2D eigenvalue weighted by Gasteiger charge is -2.14. The Hall–Kier alpha value is -6.90. The van der Waals surface area contributed by atoms with Crippen molar-refractivity contribution in [2.75, 3.05) is 0 Å². The molecule has 2 nitrogen and oxygen atoms in total. The van der Waals surface area contributed by atoms with E-state index in [0.717, 1.165) is 11.4 Å². The standard InChI is InChI=1S/C50H32N2/c1-3-13-34(14-4-1)47-32-51(36-15-5-2-6-16-36)49-45(47)30-29-44-43-21-11-12-22-48(43)52(50(44)49)37-26-23-33(24-27-37)35-25-28-42-40-19-8-7-17-38(40)39-18-9-10-20-41(39)46(42)31-35/h1-32H. The van der Waals surface area contributed by atoms with E-state index in [1.165, 1.54) is 87.3 Å². The van der Waals surface area contributed by atoms with E-state index in [2.05, 4.69) is 203 Å². The Morgan fingerprint density at radius 1 is 0.288 bits per heavy atom. The highest BCUT2D eigenvalue weighted by Gasteiger charge is 2.21. The third-order valence-electron chi connectivity index (χ3n) is 10.9. The smallest absolute Gasteiger partial charge is 0.0788 e. The lowest BCUT2D eigenvalue weighted by molar-refractivity contribution is 1.12. The monoisotopic (exact) mass is 660 g/mol. The lowest BCUT2D eigenvalue weighted by atomic mass is 9.92. The summed E-state index contributed by atoms with van der Waals surface area (Å²) in [5, 5.41) is 11.5. The number of benzene rings is 9. The van der Waals surface area contributed by atoms with Gasteiger partial charge in [-0.1, -0.05) is 152 Å². The van der Waals surface area contributed by atoms with Crippen LogP contribution in [-0.2, 0) is 0 Å². The summed E-state index contributed by atoms with van der Waals surface area (Å²) in [6, 6.07) is 68.6. The number of rotatable bonds is 4. The van der Waals surface area contributed by atoms with E-state index in [9.17, 15) is 0 Å². The van der Waals surface area contributed by atoms with Gasteiger partial charge < -0.3 is 9.13 Å². The van der Waals surface area contributed by atoms with Gasteiger partial charge in [0.15, 0.2) is 0 Å². The Morgan fingerprint density at radius 2 is 0.808 bits per heavy atom. The zero-order valence-corrected chi connectivity index (χ0v) is 28.4. The summed E-state index contributed by atoms with van der Waals surface area (Å²) in [5.74, 6) is 0. The first-order valence-corrected chi connectivity index (χ1v) is 17.9. The minimum Gasteiger partial charge on any atom is -0.314 e. The summed E-state index contributed by atoms with van der Waals surface area (Å²) in [6.45, 7) is 0. The van der Waals surface area contributed by atoms with E-state index in [0.29, 0.717) is 0 Å². The first-order chi connectivity index (χ1) is 25.8. The maximum absolute atomic E-state index is 2.46. The van der Waals surface area contributed by atoms with Crippen LogP contribution in [0.5, 0.6) is 0 Å². The van der Waals surface area contributed by atoms with Gasteiger partial charge in [0.1, 0.15) is 0 Å². The second-order valence-electron chi connectivity index (χ2n) is 13.7. The normalized spacial score (nSPS) is 11.8. The largest absolute Gasteiger partial charge is 0.314 e. The van der Waals surface area contributed by atoms with Crippen molar-refractivity contribution in [1.29, 1.82) is 0 Å². The number of aromatic nitrogens is 2. The summed E-state index contributed by atoms with van der Waals surface area (Å²) >= 11 is 0. The van der Waals surface area contributed by atoms with Gasteiger partial charge in [-0.25, -0.2) is 0 Å². The van der Waals surface area contributed by atoms with Gasteiger partial charge in [-0.05, 0) is 85.4 Å². The average molecular weight is 661 g/mol. The minimum atomic E-state index is 1.14. The summed E-state index contributed by atoms with van der Waals surface area (Å²) in [4.78, 5) is 0. The zero-order chi connectivity index (χ0) is 34.2. The van der Waals surface area contributed by atoms with Gasteiger partial charge in [0.25, 0.3) is 0 Å². The van der Waals surface area contributed by atoms with Crippen molar-refractivity contribution in [3.63, 3.8) is 0 Å². The molecule has 0 saturated carbocycles. The van der Waals surface area contributed by atoms with E-state index in [1.807, 2.05) is 0 Å². The zero-order valence-electron chi connectivity index (χ0n) is 28.4. The van der Waals surface area contributed by atoms with Crippen LogP contribution in [0.1, 0.15) is 0 Å². The van der Waals surface area contributed by atoms with E-state index in [-0.39, 0.29) is 0 Å². The van der Waals surface area contributed by atoms with E-state index in [1.54, 1.807) is 0 Å². The fraction of sp³-hybridized carbons (Fsp3) is 0. The molecular weight excluding hydrogens is 629 g/mol. The third kappa shape index (κ3) is 4.25. The van der Waals surface area contributed by atoms with Crippen LogP contribution in [0.3, 0.4) is 0 Å². The van der Waals surface area contributed by atoms with Crippen LogP contribution in [0.2, 0.25) is 0 Å². The molecule has 0 saturated heterocycles. The van der Waals surface area contributed by atoms with Crippen molar-refractivity contribution in [1.82, 2.24) is 9.13 Å². The van der Waals surface area contributed by atoms with Crippen LogP contribution in [0.15, 0.2) is 194 Å². The molecule has 0 bridgehead atoms. The molecule has 0 unspecified atom stereocenters. The average Bonchev–Trinajstić information content (AvgIpc) is 3.78. The molecule has 0 aliphatic carbocycles. The van der Waals surface area contributed by atoms with Gasteiger partial charge in [0.05, 0.1) is 16.6 Å². The Morgan fingerprint density at radius 3 is 1.50 bits per heavy atom. The minimum absolute atomic E-state index is 1.14. The highest BCUT2D eigenvalue weighted by atomic mass is 15.0. The first kappa shape index (κ1) is 28.9. The topological polar surface area (TPSA) is 9.86 Å². The van der Waals surface area contributed by atoms with E-state index in [4.69, 9.17) is 0 Å². The highest BCUT2D eigenvalue weighted by Crippen LogP contribution is 2.42. The second-order valence-corrected chi connectivity index (χ2v) is 13.7. The Kier molecular flexibility index (Phi) is 6.28. The number of nitrogens with zero attached hydrogens (tertiary/aromatic N) is 2. The molecule has 11 rings (SSSR count). The molecule has 0 amide bonds. The van der Waals surface area contributed by atoms with Gasteiger partial charge in [0, 0.05) is 39.3 Å². The molecule has 0 aliphatic rings. The molecular formula is C50H32N2. The molecule has 0 fully saturated rings. The number of fused-ring (bicyclic) bond motifs is 11. The summed E-state index contributed by atoms with van der Waals surface area (Å²) in [7, 11) is 0. The fourth-order valence-corrected chi connectivity index (χ4v) is 8.56. The Labute approximate surface area is 301 Å². The van der Waals surface area contributed by atoms with Gasteiger partial charge in [-0.15, -0.1) is 0 Å².